The number of hydrogen-bond donors (Lipinski definition) is 2. The van der Waals surface area contributed by atoms with Crippen molar-refractivity contribution in [2.75, 3.05) is 24.3 Å². The lowest BCUT2D eigenvalue weighted by Crippen LogP contribution is -2.20. The van der Waals surface area contributed by atoms with Gasteiger partial charge < -0.3 is 15.8 Å². The van der Waals surface area contributed by atoms with E-state index in [1.54, 1.807) is 0 Å². The van der Waals surface area contributed by atoms with Gasteiger partial charge in [-0.25, -0.2) is 4.98 Å². The lowest BCUT2D eigenvalue weighted by atomic mass is 10.2. The van der Waals surface area contributed by atoms with Crippen LogP contribution in [-0.4, -0.2) is 24.2 Å². The second-order valence-electron chi connectivity index (χ2n) is 3.61. The molecule has 2 heterocycles. The summed E-state index contributed by atoms with van der Waals surface area (Å²) in [6.07, 6.45) is 1.04. The molecular weight excluding hydrogens is 178 g/mol. The van der Waals surface area contributed by atoms with Crippen LogP contribution < -0.4 is 11.1 Å². The molecule has 1 saturated heterocycles. The Morgan fingerprint density at radius 3 is 3.14 bits per heavy atom. The van der Waals surface area contributed by atoms with Gasteiger partial charge in [0.1, 0.15) is 11.6 Å². The molecule has 0 amide bonds. The van der Waals surface area contributed by atoms with Gasteiger partial charge in [-0.2, -0.15) is 0 Å². The number of nitrogens with two attached hydrogens (primary N) is 1. The van der Waals surface area contributed by atoms with Crippen LogP contribution in [0.3, 0.4) is 0 Å². The summed E-state index contributed by atoms with van der Waals surface area (Å²) in [6, 6.07) is 4.16. The van der Waals surface area contributed by atoms with Gasteiger partial charge in [-0.05, 0) is 25.0 Å². The monoisotopic (exact) mass is 193 g/mol. The van der Waals surface area contributed by atoms with E-state index in [0.29, 0.717) is 11.9 Å². The van der Waals surface area contributed by atoms with Gasteiger partial charge in [0.05, 0.1) is 12.6 Å². The molecular formula is C10H15N3O. The van der Waals surface area contributed by atoms with Crippen molar-refractivity contribution in [3.63, 3.8) is 0 Å². The Morgan fingerprint density at radius 1 is 1.57 bits per heavy atom. The minimum absolute atomic E-state index is 0.378. The van der Waals surface area contributed by atoms with Crippen molar-refractivity contribution in [2.24, 2.45) is 0 Å². The van der Waals surface area contributed by atoms with E-state index in [1.807, 2.05) is 19.1 Å². The quantitative estimate of drug-likeness (QED) is 0.740. The molecule has 0 aromatic carbocycles. The van der Waals surface area contributed by atoms with Gasteiger partial charge in [-0.15, -0.1) is 0 Å². The summed E-state index contributed by atoms with van der Waals surface area (Å²) in [6.45, 7) is 3.61. The lowest BCUT2D eigenvalue weighted by molar-refractivity contribution is 0.195. The lowest BCUT2D eigenvalue weighted by Gasteiger charge is -2.13. The highest BCUT2D eigenvalue weighted by molar-refractivity contribution is 5.49. The third-order valence-corrected chi connectivity index (χ3v) is 2.39. The zero-order chi connectivity index (χ0) is 9.97. The zero-order valence-electron chi connectivity index (χ0n) is 8.29. The fraction of sp³-hybridized carbons (Fsp3) is 0.500. The van der Waals surface area contributed by atoms with E-state index >= 15 is 0 Å². The molecule has 14 heavy (non-hydrogen) atoms. The molecule has 1 aromatic heterocycles. The maximum atomic E-state index is 5.62. The second kappa shape index (κ2) is 3.84. The van der Waals surface area contributed by atoms with E-state index in [1.165, 1.54) is 0 Å². The van der Waals surface area contributed by atoms with Crippen molar-refractivity contribution in [2.45, 2.75) is 19.4 Å². The van der Waals surface area contributed by atoms with Crippen LogP contribution in [0.4, 0.5) is 11.6 Å². The van der Waals surface area contributed by atoms with Crippen molar-refractivity contribution in [1.82, 2.24) is 4.98 Å². The van der Waals surface area contributed by atoms with Gasteiger partial charge in [0.2, 0.25) is 0 Å². The first-order chi connectivity index (χ1) is 6.75. The van der Waals surface area contributed by atoms with Gasteiger partial charge in [0.15, 0.2) is 0 Å². The van der Waals surface area contributed by atoms with Crippen LogP contribution in [0.2, 0.25) is 0 Å². The summed E-state index contributed by atoms with van der Waals surface area (Å²) >= 11 is 0. The number of aryl methyl sites for hydroxylation is 1. The summed E-state index contributed by atoms with van der Waals surface area (Å²) < 4.78 is 5.28. The molecule has 1 fully saturated rings. The maximum Gasteiger partial charge on any atom is 0.131 e. The number of aromatic nitrogens is 1. The van der Waals surface area contributed by atoms with Gasteiger partial charge in [0.25, 0.3) is 0 Å². The molecule has 0 saturated carbocycles. The van der Waals surface area contributed by atoms with Gasteiger partial charge in [-0.3, -0.25) is 0 Å². The van der Waals surface area contributed by atoms with Crippen molar-refractivity contribution < 1.29 is 4.74 Å². The highest BCUT2D eigenvalue weighted by Crippen LogP contribution is 2.17. The molecule has 2 rings (SSSR count). The normalized spacial score (nSPS) is 21.1. The molecule has 1 atom stereocenters. The molecule has 4 heteroatoms. The number of ether oxygens (including phenoxy) is 1. The fourth-order valence-corrected chi connectivity index (χ4v) is 1.53. The van der Waals surface area contributed by atoms with Crippen molar-refractivity contribution in [3.8, 4) is 0 Å². The van der Waals surface area contributed by atoms with Gasteiger partial charge >= 0.3 is 0 Å². The van der Waals surface area contributed by atoms with Crippen molar-refractivity contribution in [1.29, 1.82) is 0 Å². The molecule has 0 radical (unpaired) electrons. The van der Waals surface area contributed by atoms with Crippen LogP contribution in [0.25, 0.3) is 0 Å². The maximum absolute atomic E-state index is 5.62. The highest BCUT2D eigenvalue weighted by Gasteiger charge is 2.16. The average Bonchev–Trinajstić information content (AvgIpc) is 2.64. The standard InChI is InChI=1S/C10H15N3O/c1-7-2-3-9(11)13-10(7)12-8-4-5-14-6-8/h2-3,8H,4-6H2,1H3,(H3,11,12,13). The third-order valence-electron chi connectivity index (χ3n) is 2.39. The number of hydrogen-bond acceptors (Lipinski definition) is 4. The summed E-state index contributed by atoms with van der Waals surface area (Å²) in [4.78, 5) is 4.25. The molecule has 1 aliphatic heterocycles. The van der Waals surface area contributed by atoms with Crippen LogP contribution >= 0.6 is 0 Å². The Kier molecular flexibility index (Phi) is 2.54. The molecule has 0 aliphatic carbocycles. The van der Waals surface area contributed by atoms with Crippen LogP contribution in [0.1, 0.15) is 12.0 Å². The Hall–Kier alpha value is -1.29. The highest BCUT2D eigenvalue weighted by atomic mass is 16.5. The zero-order valence-corrected chi connectivity index (χ0v) is 8.29. The smallest absolute Gasteiger partial charge is 0.131 e. The number of nitrogens with one attached hydrogen (secondary N) is 1. The second-order valence-corrected chi connectivity index (χ2v) is 3.61. The molecule has 1 aromatic rings. The van der Waals surface area contributed by atoms with E-state index in [2.05, 4.69) is 10.3 Å². The predicted molar refractivity (Wildman–Crippen MR) is 56.2 cm³/mol. The fourth-order valence-electron chi connectivity index (χ4n) is 1.53. The SMILES string of the molecule is Cc1ccc(N)nc1NC1CCOC1. The topological polar surface area (TPSA) is 60.2 Å². The summed E-state index contributed by atoms with van der Waals surface area (Å²) in [5.74, 6) is 1.43. The number of anilines is 2. The molecule has 4 nitrogen and oxygen atoms in total. The summed E-state index contributed by atoms with van der Waals surface area (Å²) in [5, 5.41) is 3.33. The van der Waals surface area contributed by atoms with E-state index in [4.69, 9.17) is 10.5 Å². The molecule has 0 spiro atoms. The number of rotatable bonds is 2. The Bertz CT molecular complexity index is 321. The van der Waals surface area contributed by atoms with E-state index in [0.717, 1.165) is 31.0 Å². The molecule has 1 unspecified atom stereocenters. The van der Waals surface area contributed by atoms with Crippen LogP contribution in [-0.2, 0) is 4.74 Å². The first-order valence-electron chi connectivity index (χ1n) is 4.83. The largest absolute Gasteiger partial charge is 0.384 e. The first kappa shape index (κ1) is 9.27. The van der Waals surface area contributed by atoms with Crippen molar-refractivity contribution >= 4 is 11.6 Å². The van der Waals surface area contributed by atoms with Crippen LogP contribution in [0.5, 0.6) is 0 Å². The van der Waals surface area contributed by atoms with Gasteiger partial charge in [0, 0.05) is 6.61 Å². The molecule has 1 aliphatic rings. The number of pyridine rings is 1. The summed E-state index contributed by atoms with van der Waals surface area (Å²) in [5.41, 5.74) is 6.74. The first-order valence-corrected chi connectivity index (χ1v) is 4.83. The Labute approximate surface area is 83.5 Å². The average molecular weight is 193 g/mol. The number of nitrogens with zero attached hydrogens (tertiary/aromatic N) is 1. The molecule has 76 valence electrons. The van der Waals surface area contributed by atoms with Crippen LogP contribution in [0, 0.1) is 6.92 Å². The Balaban J connectivity index is 2.10. The molecule has 3 N–H and O–H groups in total. The Morgan fingerprint density at radius 2 is 2.43 bits per heavy atom. The summed E-state index contributed by atoms with van der Waals surface area (Å²) in [7, 11) is 0. The van der Waals surface area contributed by atoms with Crippen molar-refractivity contribution in [3.05, 3.63) is 17.7 Å². The predicted octanol–water partition coefficient (Wildman–Crippen LogP) is 1.17. The van der Waals surface area contributed by atoms with E-state index < -0.39 is 0 Å². The van der Waals surface area contributed by atoms with E-state index in [-0.39, 0.29) is 0 Å². The molecule has 0 bridgehead atoms. The number of nitrogen functional groups attached to an aromatic ring is 1. The minimum atomic E-state index is 0.378. The third kappa shape index (κ3) is 1.96. The minimum Gasteiger partial charge on any atom is -0.384 e. The van der Waals surface area contributed by atoms with E-state index in [9.17, 15) is 0 Å². The van der Waals surface area contributed by atoms with Gasteiger partial charge in [-0.1, -0.05) is 6.07 Å². The van der Waals surface area contributed by atoms with Crippen LogP contribution in [0.15, 0.2) is 12.1 Å².